The van der Waals surface area contributed by atoms with E-state index in [2.05, 4.69) is 17.2 Å². The van der Waals surface area contributed by atoms with Crippen LogP contribution in [0.4, 0.5) is 0 Å². The van der Waals surface area contributed by atoms with Crippen LogP contribution in [0.5, 0.6) is 0 Å². The molecule has 2 heterocycles. The van der Waals surface area contributed by atoms with Crippen LogP contribution in [-0.2, 0) is 10.0 Å². The molecule has 0 radical (unpaired) electrons. The molecule has 5 nitrogen and oxygen atoms in total. The minimum Gasteiger partial charge on any atom is -0.313 e. The summed E-state index contributed by atoms with van der Waals surface area (Å²) in [4.78, 5) is 4.22. The summed E-state index contributed by atoms with van der Waals surface area (Å²) < 4.78 is 25.0. The van der Waals surface area contributed by atoms with E-state index in [9.17, 15) is 8.42 Å². The van der Waals surface area contributed by atoms with E-state index in [-0.39, 0.29) is 6.04 Å². The van der Waals surface area contributed by atoms with Crippen LogP contribution in [0.15, 0.2) is 18.5 Å². The van der Waals surface area contributed by atoms with Gasteiger partial charge in [-0.25, -0.2) is 12.7 Å². The molecule has 1 aromatic rings. The lowest BCUT2D eigenvalue weighted by Crippen LogP contribution is -2.40. The fourth-order valence-electron chi connectivity index (χ4n) is 3.10. The molecule has 0 aliphatic carbocycles. The van der Waals surface area contributed by atoms with Crippen LogP contribution in [-0.4, -0.2) is 44.1 Å². The van der Waals surface area contributed by atoms with Gasteiger partial charge in [-0.15, -0.1) is 0 Å². The first kappa shape index (κ1) is 16.4. The van der Waals surface area contributed by atoms with Crippen molar-refractivity contribution in [2.75, 3.05) is 26.4 Å². The maximum Gasteiger partial charge on any atom is 0.211 e. The summed E-state index contributed by atoms with van der Waals surface area (Å²) in [6.45, 7) is 3.38. The molecule has 1 fully saturated rings. The van der Waals surface area contributed by atoms with E-state index in [1.165, 1.54) is 17.4 Å². The van der Waals surface area contributed by atoms with Gasteiger partial charge in [-0.1, -0.05) is 0 Å². The molecule has 1 aromatic heterocycles. The topological polar surface area (TPSA) is 62.3 Å². The molecule has 118 valence electrons. The molecule has 21 heavy (non-hydrogen) atoms. The Morgan fingerprint density at radius 3 is 2.90 bits per heavy atom. The number of aryl methyl sites for hydroxylation is 1. The normalized spacial score (nSPS) is 22.1. The number of sulfonamides is 1. The van der Waals surface area contributed by atoms with Crippen molar-refractivity contribution in [3.63, 3.8) is 0 Å². The minimum atomic E-state index is -3.07. The summed E-state index contributed by atoms with van der Waals surface area (Å²) >= 11 is 0. The number of hydrogen-bond acceptors (Lipinski definition) is 4. The van der Waals surface area contributed by atoms with Gasteiger partial charge in [0, 0.05) is 31.5 Å². The molecular formula is C15H25N3O2S. The smallest absolute Gasteiger partial charge is 0.211 e. The Labute approximate surface area is 127 Å². The van der Waals surface area contributed by atoms with Crippen molar-refractivity contribution in [1.29, 1.82) is 0 Å². The maximum atomic E-state index is 11.7. The number of piperidine rings is 1. The second-order valence-corrected chi connectivity index (χ2v) is 7.92. The van der Waals surface area contributed by atoms with Crippen molar-refractivity contribution in [3.05, 3.63) is 29.6 Å². The molecule has 0 spiro atoms. The van der Waals surface area contributed by atoms with Gasteiger partial charge >= 0.3 is 0 Å². The highest BCUT2D eigenvalue weighted by molar-refractivity contribution is 7.88. The van der Waals surface area contributed by atoms with Crippen LogP contribution >= 0.6 is 0 Å². The Morgan fingerprint density at radius 2 is 2.29 bits per heavy atom. The molecule has 2 unspecified atom stereocenters. The zero-order valence-corrected chi connectivity index (χ0v) is 13.9. The van der Waals surface area contributed by atoms with Crippen LogP contribution in [0.1, 0.15) is 36.4 Å². The van der Waals surface area contributed by atoms with Gasteiger partial charge in [-0.2, -0.15) is 0 Å². The van der Waals surface area contributed by atoms with Gasteiger partial charge in [0.1, 0.15) is 0 Å². The number of nitrogens with zero attached hydrogens (tertiary/aromatic N) is 2. The number of rotatable bonds is 5. The Hall–Kier alpha value is -0.980. The average Bonchev–Trinajstić information content (AvgIpc) is 2.45. The highest BCUT2D eigenvalue weighted by Crippen LogP contribution is 2.29. The van der Waals surface area contributed by atoms with Gasteiger partial charge in [-0.05, 0) is 56.3 Å². The van der Waals surface area contributed by atoms with Crippen molar-refractivity contribution in [1.82, 2.24) is 14.6 Å². The van der Waals surface area contributed by atoms with E-state index < -0.39 is 10.0 Å². The quantitative estimate of drug-likeness (QED) is 0.899. The Morgan fingerprint density at radius 1 is 1.52 bits per heavy atom. The van der Waals surface area contributed by atoms with E-state index in [1.54, 1.807) is 10.5 Å². The second-order valence-electron chi connectivity index (χ2n) is 5.94. The van der Waals surface area contributed by atoms with Crippen molar-refractivity contribution in [2.24, 2.45) is 5.92 Å². The maximum absolute atomic E-state index is 11.7. The third-order valence-electron chi connectivity index (χ3n) is 4.32. The summed E-state index contributed by atoms with van der Waals surface area (Å²) in [5.41, 5.74) is 2.43. The summed E-state index contributed by atoms with van der Waals surface area (Å²) in [7, 11) is -1.12. The highest BCUT2D eigenvalue weighted by Gasteiger charge is 2.28. The third-order valence-corrected chi connectivity index (χ3v) is 5.59. The number of nitrogens with one attached hydrogen (secondary N) is 1. The first-order valence-corrected chi connectivity index (χ1v) is 9.29. The Bertz CT molecular complexity index is 574. The molecule has 1 N–H and O–H groups in total. The molecule has 0 aromatic carbocycles. The van der Waals surface area contributed by atoms with Gasteiger partial charge in [0.25, 0.3) is 0 Å². The largest absolute Gasteiger partial charge is 0.313 e. The van der Waals surface area contributed by atoms with Crippen molar-refractivity contribution in [3.8, 4) is 0 Å². The fraction of sp³-hybridized carbons (Fsp3) is 0.667. The Kier molecular flexibility index (Phi) is 5.35. The lowest BCUT2D eigenvalue weighted by Gasteiger charge is -2.33. The lowest BCUT2D eigenvalue weighted by atomic mass is 9.89. The first-order chi connectivity index (χ1) is 9.91. The van der Waals surface area contributed by atoms with E-state index in [0.717, 1.165) is 19.3 Å². The Balaban J connectivity index is 2.07. The average molecular weight is 311 g/mol. The van der Waals surface area contributed by atoms with Gasteiger partial charge in [-0.3, -0.25) is 4.98 Å². The van der Waals surface area contributed by atoms with Gasteiger partial charge in [0.15, 0.2) is 0 Å². The van der Waals surface area contributed by atoms with E-state index >= 15 is 0 Å². The van der Waals surface area contributed by atoms with Crippen LogP contribution in [0, 0.1) is 12.8 Å². The minimum absolute atomic E-state index is 0.225. The van der Waals surface area contributed by atoms with Crippen molar-refractivity contribution >= 4 is 10.0 Å². The SMILES string of the molecule is CNC(CC1CCCN(S(C)(=O)=O)C1)c1cnccc1C. The first-order valence-electron chi connectivity index (χ1n) is 7.44. The van der Waals surface area contributed by atoms with E-state index in [0.29, 0.717) is 19.0 Å². The predicted molar refractivity (Wildman–Crippen MR) is 84.5 cm³/mol. The summed E-state index contributed by atoms with van der Waals surface area (Å²) in [6, 6.07) is 2.24. The molecule has 6 heteroatoms. The molecule has 0 amide bonds. The second kappa shape index (κ2) is 6.85. The number of aromatic nitrogens is 1. The molecular weight excluding hydrogens is 286 g/mol. The lowest BCUT2D eigenvalue weighted by molar-refractivity contribution is 0.240. The zero-order valence-electron chi connectivity index (χ0n) is 13.0. The molecule has 2 atom stereocenters. The molecule has 1 aliphatic heterocycles. The van der Waals surface area contributed by atoms with Crippen LogP contribution in [0.3, 0.4) is 0 Å². The van der Waals surface area contributed by atoms with Crippen LogP contribution in [0.2, 0.25) is 0 Å². The molecule has 0 bridgehead atoms. The molecule has 1 aliphatic rings. The van der Waals surface area contributed by atoms with Gasteiger partial charge in [0.2, 0.25) is 10.0 Å². The number of hydrogen-bond donors (Lipinski definition) is 1. The predicted octanol–water partition coefficient (Wildman–Crippen LogP) is 1.71. The molecule has 2 rings (SSSR count). The summed E-state index contributed by atoms with van der Waals surface area (Å²) in [5, 5.41) is 3.35. The highest BCUT2D eigenvalue weighted by atomic mass is 32.2. The van der Waals surface area contributed by atoms with E-state index in [1.807, 2.05) is 19.3 Å². The number of pyridine rings is 1. The van der Waals surface area contributed by atoms with Crippen molar-refractivity contribution in [2.45, 2.75) is 32.2 Å². The standard InChI is InChI=1S/C15H25N3O2S/c1-12-6-7-17-10-14(12)15(16-2)9-13-5-4-8-18(11-13)21(3,19)20/h6-7,10,13,15-16H,4-5,8-9,11H2,1-3H3. The van der Waals surface area contributed by atoms with Gasteiger partial charge in [0.05, 0.1) is 6.26 Å². The third kappa shape index (κ3) is 4.25. The zero-order chi connectivity index (χ0) is 15.5. The molecule has 0 saturated carbocycles. The van der Waals surface area contributed by atoms with Crippen LogP contribution in [0.25, 0.3) is 0 Å². The van der Waals surface area contributed by atoms with Crippen LogP contribution < -0.4 is 5.32 Å². The summed E-state index contributed by atoms with van der Waals surface area (Å²) in [5.74, 6) is 0.394. The van der Waals surface area contributed by atoms with Gasteiger partial charge < -0.3 is 5.32 Å². The van der Waals surface area contributed by atoms with Crippen molar-refractivity contribution < 1.29 is 8.42 Å². The summed E-state index contributed by atoms with van der Waals surface area (Å²) in [6.07, 6.45) is 7.99. The van der Waals surface area contributed by atoms with E-state index in [4.69, 9.17) is 0 Å². The monoisotopic (exact) mass is 311 g/mol. The fourth-order valence-corrected chi connectivity index (χ4v) is 4.04. The molecule has 1 saturated heterocycles.